The van der Waals surface area contributed by atoms with Gasteiger partial charge in [-0.15, -0.1) is 0 Å². The molecule has 0 bridgehead atoms. The number of fused-ring (bicyclic) bond motifs is 1. The Morgan fingerprint density at radius 1 is 0.917 bits per heavy atom. The first kappa shape index (κ1) is 14.7. The van der Waals surface area contributed by atoms with Crippen LogP contribution in [-0.4, -0.2) is 10.3 Å². The lowest BCUT2D eigenvalue weighted by Gasteiger charge is -2.05. The van der Waals surface area contributed by atoms with Crippen LogP contribution in [0.5, 0.6) is 0 Å². The number of nitrogens with zero attached hydrogens (tertiary/aromatic N) is 1. The third-order valence-electron chi connectivity index (χ3n) is 4.30. The van der Waals surface area contributed by atoms with Gasteiger partial charge in [-0.2, -0.15) is 0 Å². The molecule has 1 heterocycles. The van der Waals surface area contributed by atoms with E-state index < -0.39 is 0 Å². The van der Waals surface area contributed by atoms with Crippen LogP contribution in [0.2, 0.25) is 0 Å². The molecule has 0 fully saturated rings. The predicted octanol–water partition coefficient (Wildman–Crippen LogP) is 4.96. The first-order valence-corrected chi connectivity index (χ1v) is 7.92. The van der Waals surface area contributed by atoms with E-state index in [0.29, 0.717) is 11.5 Å². The van der Waals surface area contributed by atoms with Crippen molar-refractivity contribution in [2.45, 2.75) is 13.5 Å². The summed E-state index contributed by atoms with van der Waals surface area (Å²) in [6.45, 7) is 1.92. The highest BCUT2D eigenvalue weighted by Crippen LogP contribution is 2.35. The summed E-state index contributed by atoms with van der Waals surface area (Å²) in [5.74, 6) is 0.625. The lowest BCUT2D eigenvalue weighted by molar-refractivity contribution is 0.281. The van der Waals surface area contributed by atoms with E-state index in [1.165, 1.54) is 5.56 Å². The quantitative estimate of drug-likeness (QED) is 0.581. The second kappa shape index (κ2) is 5.95. The SMILES string of the molecule is Cc1ccc(-c2onc(-c3cccc4ccccc34)c2CO)cc1. The molecule has 3 heteroatoms. The maximum absolute atomic E-state index is 9.94. The first-order chi connectivity index (χ1) is 11.8. The van der Waals surface area contributed by atoms with Crippen molar-refractivity contribution in [1.82, 2.24) is 5.16 Å². The third-order valence-corrected chi connectivity index (χ3v) is 4.30. The van der Waals surface area contributed by atoms with Crippen molar-refractivity contribution in [2.24, 2.45) is 0 Å². The molecule has 0 unspecified atom stereocenters. The highest BCUT2D eigenvalue weighted by atomic mass is 16.5. The zero-order chi connectivity index (χ0) is 16.5. The fourth-order valence-electron chi connectivity index (χ4n) is 3.03. The molecule has 24 heavy (non-hydrogen) atoms. The van der Waals surface area contributed by atoms with E-state index in [1.807, 2.05) is 55.5 Å². The number of hydrogen-bond acceptors (Lipinski definition) is 3. The summed E-state index contributed by atoms with van der Waals surface area (Å²) in [4.78, 5) is 0. The number of hydrogen-bond donors (Lipinski definition) is 1. The number of aromatic nitrogens is 1. The minimum absolute atomic E-state index is 0.120. The molecule has 1 N–H and O–H groups in total. The van der Waals surface area contributed by atoms with Crippen LogP contribution in [0.3, 0.4) is 0 Å². The van der Waals surface area contributed by atoms with Crippen LogP contribution in [0, 0.1) is 6.92 Å². The smallest absolute Gasteiger partial charge is 0.173 e. The predicted molar refractivity (Wildman–Crippen MR) is 95.5 cm³/mol. The Balaban J connectivity index is 1.92. The fourth-order valence-corrected chi connectivity index (χ4v) is 3.03. The van der Waals surface area contributed by atoms with Crippen LogP contribution < -0.4 is 0 Å². The number of aliphatic hydroxyl groups excluding tert-OH is 1. The van der Waals surface area contributed by atoms with Gasteiger partial charge < -0.3 is 9.63 Å². The number of aliphatic hydroxyl groups is 1. The molecule has 3 nitrogen and oxygen atoms in total. The lowest BCUT2D eigenvalue weighted by atomic mass is 9.98. The van der Waals surface area contributed by atoms with E-state index in [4.69, 9.17) is 4.52 Å². The average Bonchev–Trinajstić information content (AvgIpc) is 3.05. The van der Waals surface area contributed by atoms with E-state index in [9.17, 15) is 5.11 Å². The Labute approximate surface area is 140 Å². The van der Waals surface area contributed by atoms with Gasteiger partial charge in [0.1, 0.15) is 5.69 Å². The maximum Gasteiger partial charge on any atom is 0.173 e. The standard InChI is InChI=1S/C21H17NO2/c1-14-9-11-16(12-10-14)21-19(13-23)20(22-24-21)18-8-4-6-15-5-2-3-7-17(15)18/h2-12,23H,13H2,1H3. The van der Waals surface area contributed by atoms with Gasteiger partial charge in [0, 0.05) is 11.1 Å². The molecule has 118 valence electrons. The molecule has 3 aromatic carbocycles. The monoisotopic (exact) mass is 315 g/mol. The van der Waals surface area contributed by atoms with Gasteiger partial charge in [-0.1, -0.05) is 77.5 Å². The Kier molecular flexibility index (Phi) is 3.63. The van der Waals surface area contributed by atoms with Gasteiger partial charge in [0.15, 0.2) is 5.76 Å². The van der Waals surface area contributed by atoms with Gasteiger partial charge in [0.05, 0.1) is 12.2 Å². The summed E-state index contributed by atoms with van der Waals surface area (Å²) < 4.78 is 5.61. The van der Waals surface area contributed by atoms with Gasteiger partial charge in [0.2, 0.25) is 0 Å². The number of aryl methyl sites for hydroxylation is 1. The maximum atomic E-state index is 9.94. The zero-order valence-corrected chi connectivity index (χ0v) is 13.4. The summed E-state index contributed by atoms with van der Waals surface area (Å²) >= 11 is 0. The molecule has 0 aliphatic rings. The van der Waals surface area contributed by atoms with Crippen LogP contribution in [-0.2, 0) is 6.61 Å². The molecule has 0 saturated heterocycles. The van der Waals surface area contributed by atoms with Crippen molar-refractivity contribution < 1.29 is 9.63 Å². The van der Waals surface area contributed by atoms with Crippen LogP contribution in [0.1, 0.15) is 11.1 Å². The summed E-state index contributed by atoms with van der Waals surface area (Å²) in [5, 5.41) is 16.4. The Morgan fingerprint density at radius 2 is 1.67 bits per heavy atom. The van der Waals surface area contributed by atoms with E-state index in [-0.39, 0.29) is 6.61 Å². The second-order valence-electron chi connectivity index (χ2n) is 5.89. The molecular weight excluding hydrogens is 298 g/mol. The fraction of sp³-hybridized carbons (Fsp3) is 0.0952. The van der Waals surface area contributed by atoms with Crippen molar-refractivity contribution in [3.63, 3.8) is 0 Å². The van der Waals surface area contributed by atoms with Crippen LogP contribution in [0.25, 0.3) is 33.4 Å². The Bertz CT molecular complexity index is 995. The molecule has 4 aromatic rings. The third kappa shape index (κ3) is 2.39. The van der Waals surface area contributed by atoms with E-state index in [0.717, 1.165) is 27.5 Å². The summed E-state index contributed by atoms with van der Waals surface area (Å²) in [6.07, 6.45) is 0. The van der Waals surface area contributed by atoms with Gasteiger partial charge in [0.25, 0.3) is 0 Å². The van der Waals surface area contributed by atoms with Crippen molar-refractivity contribution in [3.8, 4) is 22.6 Å². The Morgan fingerprint density at radius 3 is 2.46 bits per heavy atom. The molecule has 4 rings (SSSR count). The topological polar surface area (TPSA) is 46.3 Å². The van der Waals surface area contributed by atoms with Crippen LogP contribution >= 0.6 is 0 Å². The highest BCUT2D eigenvalue weighted by molar-refractivity contribution is 5.97. The molecule has 0 spiro atoms. The molecule has 0 aliphatic carbocycles. The van der Waals surface area contributed by atoms with Gasteiger partial charge in [-0.25, -0.2) is 0 Å². The normalized spacial score (nSPS) is 11.1. The second-order valence-corrected chi connectivity index (χ2v) is 5.89. The van der Waals surface area contributed by atoms with Gasteiger partial charge in [-0.3, -0.25) is 0 Å². The van der Waals surface area contributed by atoms with Crippen molar-refractivity contribution >= 4 is 10.8 Å². The molecule has 0 aliphatic heterocycles. The zero-order valence-electron chi connectivity index (χ0n) is 13.4. The van der Waals surface area contributed by atoms with Gasteiger partial charge >= 0.3 is 0 Å². The number of benzene rings is 3. The van der Waals surface area contributed by atoms with Crippen molar-refractivity contribution in [2.75, 3.05) is 0 Å². The van der Waals surface area contributed by atoms with Crippen LogP contribution in [0.15, 0.2) is 71.3 Å². The minimum atomic E-state index is -0.120. The Hall–Kier alpha value is -2.91. The summed E-state index contributed by atoms with van der Waals surface area (Å²) in [7, 11) is 0. The average molecular weight is 315 g/mol. The number of rotatable bonds is 3. The van der Waals surface area contributed by atoms with E-state index >= 15 is 0 Å². The molecule has 0 amide bonds. The molecule has 0 atom stereocenters. The minimum Gasteiger partial charge on any atom is -0.391 e. The summed E-state index contributed by atoms with van der Waals surface area (Å²) in [5.41, 5.74) is 4.49. The lowest BCUT2D eigenvalue weighted by Crippen LogP contribution is -1.90. The largest absolute Gasteiger partial charge is 0.391 e. The van der Waals surface area contributed by atoms with Crippen molar-refractivity contribution in [3.05, 3.63) is 77.9 Å². The van der Waals surface area contributed by atoms with E-state index in [1.54, 1.807) is 0 Å². The van der Waals surface area contributed by atoms with Crippen LogP contribution in [0.4, 0.5) is 0 Å². The van der Waals surface area contributed by atoms with Gasteiger partial charge in [-0.05, 0) is 17.7 Å². The van der Waals surface area contributed by atoms with E-state index in [2.05, 4.69) is 23.4 Å². The first-order valence-electron chi connectivity index (χ1n) is 7.92. The highest BCUT2D eigenvalue weighted by Gasteiger charge is 2.19. The molecule has 0 radical (unpaired) electrons. The molecular formula is C21H17NO2. The molecule has 0 saturated carbocycles. The molecule has 1 aromatic heterocycles. The summed E-state index contributed by atoms with van der Waals surface area (Å²) in [6, 6.07) is 22.3. The van der Waals surface area contributed by atoms with Crippen molar-refractivity contribution in [1.29, 1.82) is 0 Å².